The molecule has 0 bridgehead atoms. The summed E-state index contributed by atoms with van der Waals surface area (Å²) in [6, 6.07) is 5.55. The number of guanidine groups is 1. The van der Waals surface area contributed by atoms with Gasteiger partial charge in [-0.1, -0.05) is 6.07 Å². The van der Waals surface area contributed by atoms with E-state index in [0.29, 0.717) is 38.4 Å². The predicted molar refractivity (Wildman–Crippen MR) is 124 cm³/mol. The minimum Gasteiger partial charge on any atom is -0.374 e. The number of aliphatic imine (C=N–C) groups is 1. The van der Waals surface area contributed by atoms with Gasteiger partial charge in [0.25, 0.3) is 0 Å². The van der Waals surface area contributed by atoms with Crippen LogP contribution in [-0.2, 0) is 10.9 Å². The standard InChI is InChI=1S/C20H30F3N5O.HI/c1-3-24-19(25-14-18-15-26(2)11-12-29-18)28-9-7-27(8-10-28)17-6-4-5-16(13-17)20(21,22)23;/h4-6,13,18H,3,7-12,14-15H2,1-2H3,(H,24,25);1H. The Labute approximate surface area is 193 Å². The lowest BCUT2D eigenvalue weighted by atomic mass is 10.1. The van der Waals surface area contributed by atoms with Gasteiger partial charge in [-0.25, -0.2) is 0 Å². The van der Waals surface area contributed by atoms with Crippen LogP contribution in [0.2, 0.25) is 0 Å². The summed E-state index contributed by atoms with van der Waals surface area (Å²) in [4.78, 5) is 11.2. The third-order valence-corrected chi connectivity index (χ3v) is 5.24. The molecule has 170 valence electrons. The van der Waals surface area contributed by atoms with Crippen LogP contribution >= 0.6 is 24.0 Å². The minimum absolute atomic E-state index is 0. The van der Waals surface area contributed by atoms with Gasteiger partial charge in [0, 0.05) is 51.5 Å². The quantitative estimate of drug-likeness (QED) is 0.361. The lowest BCUT2D eigenvalue weighted by Crippen LogP contribution is -2.53. The average Bonchev–Trinajstić information content (AvgIpc) is 2.71. The van der Waals surface area contributed by atoms with Crippen LogP contribution in [0.25, 0.3) is 0 Å². The zero-order valence-electron chi connectivity index (χ0n) is 17.5. The molecule has 1 unspecified atom stereocenters. The average molecular weight is 541 g/mol. The van der Waals surface area contributed by atoms with Gasteiger partial charge in [-0.2, -0.15) is 13.2 Å². The highest BCUT2D eigenvalue weighted by Crippen LogP contribution is 2.31. The summed E-state index contributed by atoms with van der Waals surface area (Å²) < 4.78 is 44.7. The zero-order valence-corrected chi connectivity index (χ0v) is 19.8. The highest BCUT2D eigenvalue weighted by Gasteiger charge is 2.31. The summed E-state index contributed by atoms with van der Waals surface area (Å²) in [5.74, 6) is 0.841. The number of anilines is 1. The fourth-order valence-electron chi connectivity index (χ4n) is 3.65. The van der Waals surface area contributed by atoms with Crippen LogP contribution in [0, 0.1) is 0 Å². The number of benzene rings is 1. The molecule has 30 heavy (non-hydrogen) atoms. The van der Waals surface area contributed by atoms with Crippen LogP contribution in [0.3, 0.4) is 0 Å². The Kier molecular flexibility index (Phi) is 9.48. The van der Waals surface area contributed by atoms with E-state index in [1.165, 1.54) is 12.1 Å². The number of alkyl halides is 3. The van der Waals surface area contributed by atoms with Gasteiger partial charge in [0.2, 0.25) is 0 Å². The van der Waals surface area contributed by atoms with E-state index in [1.54, 1.807) is 6.07 Å². The highest BCUT2D eigenvalue weighted by atomic mass is 127. The first kappa shape index (κ1) is 25.0. The number of morpholine rings is 1. The fraction of sp³-hybridized carbons (Fsp3) is 0.650. The Morgan fingerprint density at radius 1 is 1.20 bits per heavy atom. The molecule has 1 atom stereocenters. The maximum atomic E-state index is 13.0. The molecule has 1 N–H and O–H groups in total. The van der Waals surface area contributed by atoms with Crippen molar-refractivity contribution in [3.63, 3.8) is 0 Å². The Hall–Kier alpha value is -1.27. The Balaban J connectivity index is 0.00000320. The molecule has 6 nitrogen and oxygen atoms in total. The van der Waals surface area contributed by atoms with Crippen LogP contribution in [0.5, 0.6) is 0 Å². The van der Waals surface area contributed by atoms with Crippen molar-refractivity contribution in [3.8, 4) is 0 Å². The van der Waals surface area contributed by atoms with E-state index in [0.717, 1.165) is 38.3 Å². The summed E-state index contributed by atoms with van der Waals surface area (Å²) in [6.45, 7) is 8.62. The van der Waals surface area contributed by atoms with Gasteiger partial charge in [0.1, 0.15) is 0 Å². The summed E-state index contributed by atoms with van der Waals surface area (Å²) in [5.41, 5.74) is 0.00448. The largest absolute Gasteiger partial charge is 0.416 e. The van der Waals surface area contributed by atoms with Gasteiger partial charge in [-0.3, -0.25) is 4.99 Å². The van der Waals surface area contributed by atoms with Gasteiger partial charge >= 0.3 is 6.18 Å². The Morgan fingerprint density at radius 2 is 1.93 bits per heavy atom. The second kappa shape index (κ2) is 11.4. The monoisotopic (exact) mass is 541 g/mol. The normalized spacial score (nSPS) is 21.4. The molecule has 2 aliphatic rings. The molecule has 0 aromatic heterocycles. The number of likely N-dealkylation sites (N-methyl/N-ethyl adjacent to an activating group) is 1. The number of piperazine rings is 1. The van der Waals surface area contributed by atoms with Crippen molar-refractivity contribution in [1.82, 2.24) is 15.1 Å². The summed E-state index contributed by atoms with van der Waals surface area (Å²) in [7, 11) is 2.08. The van der Waals surface area contributed by atoms with Crippen LogP contribution in [0.4, 0.5) is 18.9 Å². The summed E-state index contributed by atoms with van der Waals surface area (Å²) in [5, 5.41) is 3.33. The first-order valence-corrected chi connectivity index (χ1v) is 10.1. The molecule has 10 heteroatoms. The molecule has 0 saturated carbocycles. The Bertz CT molecular complexity index is 695. The van der Waals surface area contributed by atoms with Crippen LogP contribution in [0.15, 0.2) is 29.3 Å². The van der Waals surface area contributed by atoms with Gasteiger partial charge < -0.3 is 24.8 Å². The van der Waals surface area contributed by atoms with E-state index < -0.39 is 11.7 Å². The summed E-state index contributed by atoms with van der Waals surface area (Å²) >= 11 is 0. The molecular weight excluding hydrogens is 510 g/mol. The third kappa shape index (κ3) is 6.88. The smallest absolute Gasteiger partial charge is 0.374 e. The van der Waals surface area contributed by atoms with Gasteiger partial charge in [-0.15, -0.1) is 24.0 Å². The molecule has 0 aliphatic carbocycles. The second-order valence-electron chi connectivity index (χ2n) is 7.47. The zero-order chi connectivity index (χ0) is 20.9. The van der Waals surface area contributed by atoms with Crippen molar-refractivity contribution >= 4 is 35.6 Å². The lowest BCUT2D eigenvalue weighted by molar-refractivity contribution is -0.137. The van der Waals surface area contributed by atoms with Crippen LogP contribution < -0.4 is 10.2 Å². The molecule has 2 fully saturated rings. The molecule has 1 aromatic carbocycles. The van der Waals surface area contributed by atoms with E-state index >= 15 is 0 Å². The minimum atomic E-state index is -4.32. The third-order valence-electron chi connectivity index (χ3n) is 5.24. The van der Waals surface area contributed by atoms with E-state index in [1.807, 2.05) is 11.8 Å². The van der Waals surface area contributed by atoms with E-state index in [9.17, 15) is 13.2 Å². The van der Waals surface area contributed by atoms with Crippen molar-refractivity contribution in [1.29, 1.82) is 0 Å². The summed E-state index contributed by atoms with van der Waals surface area (Å²) in [6.07, 6.45) is -4.23. The van der Waals surface area contributed by atoms with E-state index in [4.69, 9.17) is 9.73 Å². The molecule has 0 spiro atoms. The van der Waals surface area contributed by atoms with Gasteiger partial charge in [0.05, 0.1) is 24.8 Å². The number of nitrogens with one attached hydrogen (secondary N) is 1. The first-order chi connectivity index (χ1) is 13.9. The lowest BCUT2D eigenvalue weighted by Gasteiger charge is -2.38. The maximum Gasteiger partial charge on any atom is 0.416 e. The first-order valence-electron chi connectivity index (χ1n) is 10.1. The van der Waals surface area contributed by atoms with Crippen molar-refractivity contribution in [2.24, 2.45) is 4.99 Å². The van der Waals surface area contributed by atoms with Crippen molar-refractivity contribution in [2.45, 2.75) is 19.2 Å². The second-order valence-corrected chi connectivity index (χ2v) is 7.47. The molecule has 2 heterocycles. The number of rotatable bonds is 4. The van der Waals surface area contributed by atoms with Crippen LogP contribution in [0.1, 0.15) is 12.5 Å². The molecular formula is C20H31F3IN5O. The van der Waals surface area contributed by atoms with Gasteiger partial charge in [0.15, 0.2) is 5.96 Å². The van der Waals surface area contributed by atoms with Crippen LogP contribution in [-0.4, -0.2) is 87.9 Å². The topological polar surface area (TPSA) is 43.3 Å². The number of hydrogen-bond acceptors (Lipinski definition) is 4. The van der Waals surface area contributed by atoms with Crippen molar-refractivity contribution < 1.29 is 17.9 Å². The highest BCUT2D eigenvalue weighted by molar-refractivity contribution is 14.0. The van der Waals surface area contributed by atoms with E-state index in [2.05, 4.69) is 22.2 Å². The number of nitrogens with zero attached hydrogens (tertiary/aromatic N) is 4. The van der Waals surface area contributed by atoms with Crippen molar-refractivity contribution in [3.05, 3.63) is 29.8 Å². The Morgan fingerprint density at radius 3 is 2.57 bits per heavy atom. The van der Waals surface area contributed by atoms with Crippen molar-refractivity contribution in [2.75, 3.05) is 70.9 Å². The predicted octanol–water partition coefficient (Wildman–Crippen LogP) is 2.74. The number of halogens is 4. The SMILES string of the molecule is CCNC(=NCC1CN(C)CCO1)N1CCN(c2cccc(C(F)(F)F)c2)CC1.I. The molecule has 1 aromatic rings. The molecule has 2 aliphatic heterocycles. The molecule has 0 amide bonds. The molecule has 0 radical (unpaired) electrons. The van der Waals surface area contributed by atoms with E-state index in [-0.39, 0.29) is 30.1 Å². The number of ether oxygens (including phenoxy) is 1. The number of hydrogen-bond donors (Lipinski definition) is 1. The fourth-order valence-corrected chi connectivity index (χ4v) is 3.65. The van der Waals surface area contributed by atoms with Gasteiger partial charge in [-0.05, 0) is 32.2 Å². The maximum absolute atomic E-state index is 13.0. The molecule has 2 saturated heterocycles. The molecule has 3 rings (SSSR count).